The summed E-state index contributed by atoms with van der Waals surface area (Å²) in [6, 6.07) is 9.98. The molecule has 3 rings (SSSR count). The molecule has 0 bridgehead atoms. The lowest BCUT2D eigenvalue weighted by molar-refractivity contribution is 0.0321. The fraction of sp³-hybridized carbons (Fsp3) is 0.667. The predicted octanol–water partition coefficient (Wildman–Crippen LogP) is 3.17. The van der Waals surface area contributed by atoms with E-state index in [0.29, 0.717) is 11.3 Å². The molecule has 2 saturated heterocycles. The maximum atomic E-state index is 3.63. The molecule has 2 heterocycles. The molecule has 0 saturated carbocycles. The van der Waals surface area contributed by atoms with E-state index in [0.717, 1.165) is 12.6 Å². The van der Waals surface area contributed by atoms with Crippen LogP contribution in [0.15, 0.2) is 24.3 Å². The third-order valence-electron chi connectivity index (χ3n) is 5.78. The number of nitrogens with one attached hydrogen (secondary N) is 1. The Labute approximate surface area is 123 Å². The average Bonchev–Trinajstić information content (AvgIpc) is 2.45. The first-order chi connectivity index (χ1) is 9.61. The van der Waals surface area contributed by atoms with E-state index in [1.54, 1.807) is 5.56 Å². The van der Waals surface area contributed by atoms with Crippen LogP contribution in [-0.4, -0.2) is 37.6 Å². The molecule has 0 aromatic heterocycles. The molecule has 0 radical (unpaired) electrons. The van der Waals surface area contributed by atoms with Crippen molar-refractivity contribution in [2.24, 2.45) is 5.41 Å². The Morgan fingerprint density at radius 2 is 1.95 bits per heavy atom. The summed E-state index contributed by atoms with van der Waals surface area (Å²) < 4.78 is 0. The number of hydrogen-bond donors (Lipinski definition) is 1. The summed E-state index contributed by atoms with van der Waals surface area (Å²) in [5.74, 6) is 0.688. The molecule has 20 heavy (non-hydrogen) atoms. The average molecular weight is 272 g/mol. The lowest BCUT2D eigenvalue weighted by atomic mass is 9.61. The van der Waals surface area contributed by atoms with E-state index < -0.39 is 0 Å². The SMILES string of the molecule is Cc1ccc(C2CNCCC23CCN(C)C(C)C3)cc1. The Bertz CT molecular complexity index is 453. The van der Waals surface area contributed by atoms with Gasteiger partial charge in [0.25, 0.3) is 0 Å². The fourth-order valence-electron chi connectivity index (χ4n) is 4.25. The largest absolute Gasteiger partial charge is 0.316 e. The normalized spacial score (nSPS) is 35.4. The van der Waals surface area contributed by atoms with Crippen LogP contribution in [0.5, 0.6) is 0 Å². The quantitative estimate of drug-likeness (QED) is 0.845. The van der Waals surface area contributed by atoms with Gasteiger partial charge < -0.3 is 10.2 Å². The highest BCUT2D eigenvalue weighted by Crippen LogP contribution is 2.49. The van der Waals surface area contributed by atoms with Gasteiger partial charge in [0.15, 0.2) is 0 Å². The van der Waals surface area contributed by atoms with Crippen LogP contribution in [0.25, 0.3) is 0 Å². The lowest BCUT2D eigenvalue weighted by Crippen LogP contribution is -2.52. The first-order valence-electron chi connectivity index (χ1n) is 8.08. The van der Waals surface area contributed by atoms with Crippen molar-refractivity contribution < 1.29 is 0 Å². The van der Waals surface area contributed by atoms with Crippen LogP contribution >= 0.6 is 0 Å². The summed E-state index contributed by atoms with van der Waals surface area (Å²) in [6.45, 7) is 8.17. The van der Waals surface area contributed by atoms with E-state index in [1.165, 1.54) is 37.9 Å². The van der Waals surface area contributed by atoms with Crippen LogP contribution in [0.4, 0.5) is 0 Å². The highest BCUT2D eigenvalue weighted by Gasteiger charge is 2.44. The molecule has 2 nitrogen and oxygen atoms in total. The van der Waals surface area contributed by atoms with Gasteiger partial charge in [0, 0.05) is 18.5 Å². The molecular formula is C18H28N2. The number of aryl methyl sites for hydroxylation is 1. The third-order valence-corrected chi connectivity index (χ3v) is 5.78. The van der Waals surface area contributed by atoms with Crippen LogP contribution in [0.2, 0.25) is 0 Å². The van der Waals surface area contributed by atoms with Crippen LogP contribution in [0, 0.1) is 12.3 Å². The third kappa shape index (κ3) is 2.51. The van der Waals surface area contributed by atoms with Crippen molar-refractivity contribution in [3.8, 4) is 0 Å². The predicted molar refractivity (Wildman–Crippen MR) is 85.2 cm³/mol. The number of likely N-dealkylation sites (tertiary alicyclic amines) is 1. The second kappa shape index (κ2) is 5.50. The molecule has 1 aromatic carbocycles. The summed E-state index contributed by atoms with van der Waals surface area (Å²) >= 11 is 0. The van der Waals surface area contributed by atoms with E-state index in [9.17, 15) is 0 Å². The van der Waals surface area contributed by atoms with Gasteiger partial charge in [-0.3, -0.25) is 0 Å². The van der Waals surface area contributed by atoms with Gasteiger partial charge >= 0.3 is 0 Å². The minimum Gasteiger partial charge on any atom is -0.316 e. The molecule has 1 spiro atoms. The second-order valence-corrected chi connectivity index (χ2v) is 7.06. The van der Waals surface area contributed by atoms with E-state index in [2.05, 4.69) is 55.4 Å². The summed E-state index contributed by atoms with van der Waals surface area (Å²) in [4.78, 5) is 2.53. The lowest BCUT2D eigenvalue weighted by Gasteiger charge is -2.51. The number of nitrogens with zero attached hydrogens (tertiary/aromatic N) is 1. The zero-order valence-corrected chi connectivity index (χ0v) is 13.2. The second-order valence-electron chi connectivity index (χ2n) is 7.06. The maximum absolute atomic E-state index is 3.63. The van der Waals surface area contributed by atoms with Crippen molar-refractivity contribution in [2.75, 3.05) is 26.7 Å². The molecule has 2 fully saturated rings. The molecule has 110 valence electrons. The van der Waals surface area contributed by atoms with Gasteiger partial charge in [-0.25, -0.2) is 0 Å². The summed E-state index contributed by atoms with van der Waals surface area (Å²) in [5.41, 5.74) is 3.43. The van der Waals surface area contributed by atoms with Crippen LogP contribution in [0.1, 0.15) is 43.2 Å². The van der Waals surface area contributed by atoms with Crippen molar-refractivity contribution in [2.45, 2.75) is 45.1 Å². The molecule has 0 amide bonds. The maximum Gasteiger partial charge on any atom is 0.00694 e. The molecule has 1 aromatic rings. The zero-order chi connectivity index (χ0) is 14.2. The highest BCUT2D eigenvalue weighted by atomic mass is 15.1. The van der Waals surface area contributed by atoms with Crippen LogP contribution in [-0.2, 0) is 0 Å². The Kier molecular flexibility index (Phi) is 3.87. The number of rotatable bonds is 1. The molecule has 2 heteroatoms. The van der Waals surface area contributed by atoms with Gasteiger partial charge in [-0.05, 0) is 64.2 Å². The molecule has 1 N–H and O–H groups in total. The zero-order valence-electron chi connectivity index (χ0n) is 13.2. The first-order valence-corrected chi connectivity index (χ1v) is 8.08. The van der Waals surface area contributed by atoms with E-state index >= 15 is 0 Å². The molecule has 2 aliphatic rings. The van der Waals surface area contributed by atoms with Gasteiger partial charge in [-0.2, -0.15) is 0 Å². The Morgan fingerprint density at radius 3 is 2.65 bits per heavy atom. The van der Waals surface area contributed by atoms with Crippen LogP contribution < -0.4 is 5.32 Å². The van der Waals surface area contributed by atoms with Crippen LogP contribution in [0.3, 0.4) is 0 Å². The van der Waals surface area contributed by atoms with Crippen molar-refractivity contribution in [1.82, 2.24) is 10.2 Å². The van der Waals surface area contributed by atoms with Crippen molar-refractivity contribution >= 4 is 0 Å². The molecule has 3 atom stereocenters. The minimum absolute atomic E-state index is 0.520. The summed E-state index contributed by atoms with van der Waals surface area (Å²) in [5, 5.41) is 3.63. The van der Waals surface area contributed by atoms with E-state index in [4.69, 9.17) is 0 Å². The first kappa shape index (κ1) is 14.1. The topological polar surface area (TPSA) is 15.3 Å². The Hall–Kier alpha value is -0.860. The monoisotopic (exact) mass is 272 g/mol. The standard InChI is InChI=1S/C18H28N2/c1-14-4-6-16(7-5-14)17-13-19-10-8-18(17)9-11-20(3)15(2)12-18/h4-7,15,17,19H,8-13H2,1-3H3. The fourth-order valence-corrected chi connectivity index (χ4v) is 4.25. The van der Waals surface area contributed by atoms with Gasteiger partial charge in [0.1, 0.15) is 0 Å². The molecule has 3 unspecified atom stereocenters. The molecule has 2 aliphatic heterocycles. The summed E-state index contributed by atoms with van der Waals surface area (Å²) in [6.07, 6.45) is 4.04. The van der Waals surface area contributed by atoms with Gasteiger partial charge in [-0.15, -0.1) is 0 Å². The number of piperidine rings is 2. The highest BCUT2D eigenvalue weighted by molar-refractivity contribution is 5.28. The van der Waals surface area contributed by atoms with Gasteiger partial charge in [0.2, 0.25) is 0 Å². The Balaban J connectivity index is 1.89. The minimum atomic E-state index is 0.520. The van der Waals surface area contributed by atoms with E-state index in [-0.39, 0.29) is 0 Å². The molecular weight excluding hydrogens is 244 g/mol. The van der Waals surface area contributed by atoms with E-state index in [1.807, 2.05) is 0 Å². The summed E-state index contributed by atoms with van der Waals surface area (Å²) in [7, 11) is 2.28. The smallest absolute Gasteiger partial charge is 0.00694 e. The number of benzene rings is 1. The van der Waals surface area contributed by atoms with Crippen molar-refractivity contribution in [3.05, 3.63) is 35.4 Å². The number of hydrogen-bond acceptors (Lipinski definition) is 2. The molecule has 0 aliphatic carbocycles. The van der Waals surface area contributed by atoms with Crippen molar-refractivity contribution in [3.63, 3.8) is 0 Å². The Morgan fingerprint density at radius 1 is 1.20 bits per heavy atom. The van der Waals surface area contributed by atoms with Gasteiger partial charge in [0.05, 0.1) is 0 Å². The van der Waals surface area contributed by atoms with Gasteiger partial charge in [-0.1, -0.05) is 29.8 Å². The van der Waals surface area contributed by atoms with Crippen molar-refractivity contribution in [1.29, 1.82) is 0 Å².